The van der Waals surface area contributed by atoms with Crippen molar-refractivity contribution in [2.45, 2.75) is 38.6 Å². The fraction of sp³-hybridized carbons (Fsp3) is 0.333. The molecule has 1 fully saturated rings. The summed E-state index contributed by atoms with van der Waals surface area (Å²) in [5.41, 5.74) is 6.14. The average Bonchev–Trinajstić information content (AvgIpc) is 3.01. The monoisotopic (exact) mass is 553 g/mol. The van der Waals surface area contributed by atoms with Crippen molar-refractivity contribution < 1.29 is 13.9 Å². The van der Waals surface area contributed by atoms with Crippen LogP contribution in [0.1, 0.15) is 49.4 Å². The van der Waals surface area contributed by atoms with Gasteiger partial charge in [0, 0.05) is 51.3 Å². The summed E-state index contributed by atoms with van der Waals surface area (Å²) in [4.78, 5) is 31.1. The average molecular weight is 554 g/mol. The molecule has 3 aromatic rings. The maximum Gasteiger partial charge on any atom is 0.222 e. The molecule has 1 saturated heterocycles. The SMILES string of the molecule is C=Cc1ccc(C2=C(C)CC(c3ccc(F)cn3)=NC2CCCC(=O)N2CCN(c3cc(OC)ccn3)CC2)cc1. The lowest BCUT2D eigenvalue weighted by Gasteiger charge is -2.35. The molecule has 2 aromatic heterocycles. The van der Waals surface area contributed by atoms with Gasteiger partial charge in [0.05, 0.1) is 30.8 Å². The van der Waals surface area contributed by atoms with E-state index >= 15 is 0 Å². The number of nitrogens with zero attached hydrogens (tertiary/aromatic N) is 5. The summed E-state index contributed by atoms with van der Waals surface area (Å²) in [6.45, 7) is 8.79. The molecule has 0 spiro atoms. The number of methoxy groups -OCH3 is 1. The summed E-state index contributed by atoms with van der Waals surface area (Å²) in [6, 6.07) is 15.1. The third-order valence-corrected chi connectivity index (χ3v) is 7.79. The number of halogens is 1. The number of amides is 1. The van der Waals surface area contributed by atoms with E-state index in [-0.39, 0.29) is 17.8 Å². The van der Waals surface area contributed by atoms with Gasteiger partial charge < -0.3 is 14.5 Å². The summed E-state index contributed by atoms with van der Waals surface area (Å²) < 4.78 is 18.8. The molecule has 1 unspecified atom stereocenters. The normalized spacial score (nSPS) is 17.3. The third-order valence-electron chi connectivity index (χ3n) is 7.79. The lowest BCUT2D eigenvalue weighted by atomic mass is 9.85. The number of anilines is 1. The molecule has 0 saturated carbocycles. The number of benzene rings is 1. The van der Waals surface area contributed by atoms with Crippen molar-refractivity contribution in [2.24, 2.45) is 4.99 Å². The second-order valence-electron chi connectivity index (χ2n) is 10.5. The van der Waals surface area contributed by atoms with E-state index in [0.717, 1.165) is 54.3 Å². The molecule has 5 rings (SSSR count). The minimum absolute atomic E-state index is 0.107. The van der Waals surface area contributed by atoms with Gasteiger partial charge in [0.25, 0.3) is 0 Å². The number of hydrogen-bond donors (Lipinski definition) is 0. The van der Waals surface area contributed by atoms with Crippen molar-refractivity contribution in [2.75, 3.05) is 38.2 Å². The molecule has 8 heteroatoms. The number of carbonyl (C=O) groups excluding carboxylic acids is 1. The highest BCUT2D eigenvalue weighted by molar-refractivity contribution is 6.03. The Morgan fingerprint density at radius 3 is 2.56 bits per heavy atom. The van der Waals surface area contributed by atoms with Gasteiger partial charge in [0.15, 0.2) is 0 Å². The minimum Gasteiger partial charge on any atom is -0.497 e. The second kappa shape index (κ2) is 12.9. The maximum absolute atomic E-state index is 13.5. The molecule has 0 radical (unpaired) electrons. The molecular formula is C33H36FN5O2. The van der Waals surface area contributed by atoms with Crippen LogP contribution < -0.4 is 9.64 Å². The number of dihydropyridines is 1. The van der Waals surface area contributed by atoms with Crippen molar-refractivity contribution in [1.82, 2.24) is 14.9 Å². The van der Waals surface area contributed by atoms with Crippen LogP contribution in [0, 0.1) is 5.82 Å². The number of aliphatic imine (C=N–C) groups is 1. The zero-order valence-corrected chi connectivity index (χ0v) is 23.7. The Morgan fingerprint density at radius 1 is 1.10 bits per heavy atom. The largest absolute Gasteiger partial charge is 0.497 e. The molecule has 0 bridgehead atoms. The van der Waals surface area contributed by atoms with Crippen molar-refractivity contribution in [3.8, 4) is 5.75 Å². The van der Waals surface area contributed by atoms with Crippen LogP contribution in [0.25, 0.3) is 11.6 Å². The molecule has 2 aliphatic rings. The highest BCUT2D eigenvalue weighted by Gasteiger charge is 2.26. The molecule has 2 aliphatic heterocycles. The molecule has 4 heterocycles. The first-order chi connectivity index (χ1) is 19.9. The zero-order chi connectivity index (χ0) is 28.8. The summed E-state index contributed by atoms with van der Waals surface area (Å²) in [7, 11) is 1.65. The first-order valence-electron chi connectivity index (χ1n) is 14.1. The molecule has 1 atom stereocenters. The van der Waals surface area contributed by atoms with E-state index in [0.29, 0.717) is 31.6 Å². The molecule has 0 N–H and O–H groups in total. The van der Waals surface area contributed by atoms with Crippen LogP contribution in [0.15, 0.2) is 78.1 Å². The Balaban J connectivity index is 1.24. The maximum atomic E-state index is 13.5. The first kappa shape index (κ1) is 28.2. The van der Waals surface area contributed by atoms with E-state index in [2.05, 4.69) is 52.6 Å². The van der Waals surface area contributed by atoms with E-state index in [1.165, 1.54) is 23.4 Å². The topological polar surface area (TPSA) is 70.9 Å². The fourth-order valence-electron chi connectivity index (χ4n) is 5.57. The number of carbonyl (C=O) groups is 1. The smallest absolute Gasteiger partial charge is 0.222 e. The van der Waals surface area contributed by atoms with E-state index in [1.807, 2.05) is 23.1 Å². The van der Waals surface area contributed by atoms with Gasteiger partial charge in [-0.3, -0.25) is 14.8 Å². The second-order valence-corrected chi connectivity index (χ2v) is 10.5. The van der Waals surface area contributed by atoms with Crippen LogP contribution in [0.4, 0.5) is 10.2 Å². The Labute approximate surface area is 241 Å². The summed E-state index contributed by atoms with van der Waals surface area (Å²) in [6.07, 6.45) is 7.39. The van der Waals surface area contributed by atoms with E-state index in [4.69, 9.17) is 9.73 Å². The van der Waals surface area contributed by atoms with Crippen LogP contribution in [-0.2, 0) is 4.79 Å². The molecule has 212 valence electrons. The van der Waals surface area contributed by atoms with Gasteiger partial charge >= 0.3 is 0 Å². The highest BCUT2D eigenvalue weighted by Crippen LogP contribution is 2.34. The van der Waals surface area contributed by atoms with E-state index < -0.39 is 0 Å². The first-order valence-corrected chi connectivity index (χ1v) is 14.1. The summed E-state index contributed by atoms with van der Waals surface area (Å²) in [5.74, 6) is 1.45. The quantitative estimate of drug-likeness (QED) is 0.334. The number of aromatic nitrogens is 2. The summed E-state index contributed by atoms with van der Waals surface area (Å²) >= 11 is 0. The third kappa shape index (κ3) is 6.70. The van der Waals surface area contributed by atoms with Crippen LogP contribution >= 0.6 is 0 Å². The lowest BCUT2D eigenvalue weighted by Crippen LogP contribution is -2.49. The van der Waals surface area contributed by atoms with Crippen molar-refractivity contribution in [3.63, 3.8) is 0 Å². The minimum atomic E-state index is -0.365. The van der Waals surface area contributed by atoms with Gasteiger partial charge in [-0.15, -0.1) is 0 Å². The van der Waals surface area contributed by atoms with Gasteiger partial charge in [-0.2, -0.15) is 0 Å². The summed E-state index contributed by atoms with van der Waals surface area (Å²) in [5, 5.41) is 0. The highest BCUT2D eigenvalue weighted by atomic mass is 19.1. The number of allylic oxidation sites excluding steroid dienone is 1. The predicted octanol–water partition coefficient (Wildman–Crippen LogP) is 5.82. The Morgan fingerprint density at radius 2 is 1.88 bits per heavy atom. The van der Waals surface area contributed by atoms with E-state index in [9.17, 15) is 9.18 Å². The molecule has 41 heavy (non-hydrogen) atoms. The Kier molecular flexibility index (Phi) is 8.87. The Bertz CT molecular complexity index is 1440. The van der Waals surface area contributed by atoms with Crippen molar-refractivity contribution in [1.29, 1.82) is 0 Å². The molecule has 1 amide bonds. The van der Waals surface area contributed by atoms with Crippen LogP contribution in [0.3, 0.4) is 0 Å². The fourth-order valence-corrected chi connectivity index (χ4v) is 5.57. The van der Waals surface area contributed by atoms with Gasteiger partial charge in [0.2, 0.25) is 5.91 Å². The predicted molar refractivity (Wildman–Crippen MR) is 162 cm³/mol. The molecule has 1 aromatic carbocycles. The van der Waals surface area contributed by atoms with Crippen LogP contribution in [-0.4, -0.2) is 65.8 Å². The van der Waals surface area contributed by atoms with Crippen molar-refractivity contribution in [3.05, 3.63) is 95.7 Å². The standard InChI is InChI=1S/C33H36FN5O2/c1-4-24-8-10-25(11-9-24)33-23(2)20-30(28-13-12-26(34)22-36-28)37-29(33)6-5-7-32(40)39-18-16-38(17-19-39)31-21-27(41-3)14-15-35-31/h4,8-15,21-22,29H,1,5-7,16-20H2,2-3H3. The number of hydrogen-bond acceptors (Lipinski definition) is 6. The lowest BCUT2D eigenvalue weighted by molar-refractivity contribution is -0.131. The van der Waals surface area contributed by atoms with E-state index in [1.54, 1.807) is 19.4 Å². The van der Waals surface area contributed by atoms with Gasteiger partial charge in [-0.1, -0.05) is 42.5 Å². The van der Waals surface area contributed by atoms with Gasteiger partial charge in [0.1, 0.15) is 17.4 Å². The van der Waals surface area contributed by atoms with Crippen molar-refractivity contribution >= 4 is 29.1 Å². The van der Waals surface area contributed by atoms with Gasteiger partial charge in [-0.05, 0) is 54.7 Å². The Hall–Kier alpha value is -4.33. The van der Waals surface area contributed by atoms with Gasteiger partial charge in [-0.25, -0.2) is 9.37 Å². The number of rotatable bonds is 9. The number of piperazine rings is 1. The number of pyridine rings is 2. The van der Waals surface area contributed by atoms with Crippen LogP contribution in [0.5, 0.6) is 5.75 Å². The van der Waals surface area contributed by atoms with Crippen LogP contribution in [0.2, 0.25) is 0 Å². The zero-order valence-electron chi connectivity index (χ0n) is 23.7. The molecular weight excluding hydrogens is 517 g/mol. The number of ether oxygens (including phenoxy) is 1. The molecule has 7 nitrogen and oxygen atoms in total. The molecule has 0 aliphatic carbocycles.